The Bertz CT molecular complexity index is 802. The minimum absolute atomic E-state index is 0.759. The number of allylic oxidation sites excluding steroid dienone is 1. The molecule has 2 aromatic rings. The molecule has 0 aliphatic heterocycles. The first kappa shape index (κ1) is 22.8. The molecule has 29 heavy (non-hydrogen) atoms. The maximum atomic E-state index is 6.16. The number of aryl methyl sites for hydroxylation is 1. The predicted octanol–water partition coefficient (Wildman–Crippen LogP) is 7.95. The number of rotatable bonds is 12. The normalized spacial score (nSPS) is 11.4. The number of ether oxygens (including phenoxy) is 2. The quantitative estimate of drug-likeness (QED) is 0.269. The smallest absolute Gasteiger partial charge is 0.127 e. The van der Waals surface area contributed by atoms with Crippen molar-refractivity contribution in [3.8, 4) is 11.5 Å². The molecular formula is C27H36O2. The van der Waals surface area contributed by atoms with Gasteiger partial charge in [0.05, 0.1) is 13.7 Å². The zero-order chi connectivity index (χ0) is 20.9. The van der Waals surface area contributed by atoms with Crippen LogP contribution in [-0.4, -0.2) is 13.7 Å². The number of methoxy groups -OCH3 is 1. The highest BCUT2D eigenvalue weighted by Gasteiger charge is 2.07. The van der Waals surface area contributed by atoms with E-state index in [-0.39, 0.29) is 0 Å². The van der Waals surface area contributed by atoms with Gasteiger partial charge in [0.2, 0.25) is 0 Å². The first-order chi connectivity index (χ1) is 14.2. The van der Waals surface area contributed by atoms with Crippen molar-refractivity contribution in [2.75, 3.05) is 13.7 Å². The average Bonchev–Trinajstić information content (AvgIpc) is 2.73. The van der Waals surface area contributed by atoms with Gasteiger partial charge in [0, 0.05) is 5.56 Å². The molecule has 0 radical (unpaired) electrons. The summed E-state index contributed by atoms with van der Waals surface area (Å²) in [5.41, 5.74) is 4.52. The second-order valence-electron chi connectivity index (χ2n) is 7.48. The van der Waals surface area contributed by atoms with Crippen molar-refractivity contribution in [2.24, 2.45) is 0 Å². The molecule has 0 aliphatic carbocycles. The van der Waals surface area contributed by atoms with E-state index < -0.39 is 0 Å². The molecule has 0 N–H and O–H groups in total. The lowest BCUT2D eigenvalue weighted by Gasteiger charge is -2.13. The lowest BCUT2D eigenvalue weighted by atomic mass is 10.1. The molecule has 0 bridgehead atoms. The first-order valence-electron chi connectivity index (χ1n) is 10.9. The summed E-state index contributed by atoms with van der Waals surface area (Å²) in [4.78, 5) is 0. The number of hydrogen-bond donors (Lipinski definition) is 0. The Morgan fingerprint density at radius 3 is 2.28 bits per heavy atom. The van der Waals surface area contributed by atoms with Gasteiger partial charge in [0.1, 0.15) is 11.5 Å². The Morgan fingerprint density at radius 1 is 0.828 bits per heavy atom. The lowest BCUT2D eigenvalue weighted by Crippen LogP contribution is -2.00. The lowest BCUT2D eigenvalue weighted by molar-refractivity contribution is 0.303. The second kappa shape index (κ2) is 12.9. The molecule has 156 valence electrons. The molecule has 0 amide bonds. The van der Waals surface area contributed by atoms with E-state index in [1.807, 2.05) is 6.92 Å². The number of hydrogen-bond acceptors (Lipinski definition) is 2. The van der Waals surface area contributed by atoms with Gasteiger partial charge < -0.3 is 9.47 Å². The van der Waals surface area contributed by atoms with Crippen LogP contribution in [-0.2, 0) is 0 Å². The van der Waals surface area contributed by atoms with Crippen LogP contribution in [0.1, 0.15) is 74.6 Å². The van der Waals surface area contributed by atoms with E-state index in [4.69, 9.17) is 9.47 Å². The van der Waals surface area contributed by atoms with Crippen molar-refractivity contribution >= 4 is 18.2 Å². The molecule has 2 heteroatoms. The van der Waals surface area contributed by atoms with Crippen LogP contribution in [0.2, 0.25) is 0 Å². The van der Waals surface area contributed by atoms with Gasteiger partial charge >= 0.3 is 0 Å². The summed E-state index contributed by atoms with van der Waals surface area (Å²) in [5.74, 6) is 1.82. The minimum Gasteiger partial charge on any atom is -0.496 e. The molecule has 0 saturated heterocycles. The van der Waals surface area contributed by atoms with Crippen LogP contribution >= 0.6 is 0 Å². The van der Waals surface area contributed by atoms with Crippen molar-refractivity contribution < 1.29 is 9.47 Å². The molecule has 2 nitrogen and oxygen atoms in total. The summed E-state index contributed by atoms with van der Waals surface area (Å²) in [6.07, 6.45) is 16.0. The fourth-order valence-corrected chi connectivity index (χ4v) is 3.36. The third-order valence-corrected chi connectivity index (χ3v) is 5.01. The van der Waals surface area contributed by atoms with E-state index in [0.717, 1.165) is 35.7 Å². The molecule has 0 aromatic heterocycles. The Balaban J connectivity index is 2.09. The molecule has 0 spiro atoms. The summed E-state index contributed by atoms with van der Waals surface area (Å²) < 4.78 is 11.7. The maximum Gasteiger partial charge on any atom is 0.127 e. The molecule has 0 aliphatic rings. The Hall–Kier alpha value is -2.48. The molecular weight excluding hydrogens is 356 g/mol. The van der Waals surface area contributed by atoms with Gasteiger partial charge in [-0.25, -0.2) is 0 Å². The van der Waals surface area contributed by atoms with Gasteiger partial charge in [-0.2, -0.15) is 0 Å². The standard InChI is InChI=1S/C27H36O2/c1-5-7-8-9-10-11-18-29-27-19-22(3)26(28-4)21-25(27)17-16-24-15-12-14-23(20-24)13-6-2/h6,12-17,19-21H,5,7-11,18H2,1-4H3. The fraction of sp³-hybridized carbons (Fsp3) is 0.407. The highest BCUT2D eigenvalue weighted by molar-refractivity contribution is 5.74. The van der Waals surface area contributed by atoms with Gasteiger partial charge in [0.25, 0.3) is 0 Å². The fourth-order valence-electron chi connectivity index (χ4n) is 3.36. The number of unbranched alkanes of at least 4 members (excludes halogenated alkanes) is 5. The topological polar surface area (TPSA) is 18.5 Å². The van der Waals surface area contributed by atoms with Crippen molar-refractivity contribution in [3.63, 3.8) is 0 Å². The van der Waals surface area contributed by atoms with Gasteiger partial charge in [-0.1, -0.05) is 81.5 Å². The third kappa shape index (κ3) is 7.81. The maximum absolute atomic E-state index is 6.16. The average molecular weight is 393 g/mol. The SMILES string of the molecule is CC=Cc1cccc(C=Cc2cc(OC)c(C)cc2OCCCCCCCC)c1. The minimum atomic E-state index is 0.759. The highest BCUT2D eigenvalue weighted by atomic mass is 16.5. The largest absolute Gasteiger partial charge is 0.496 e. The summed E-state index contributed by atoms with van der Waals surface area (Å²) in [7, 11) is 1.72. The summed E-state index contributed by atoms with van der Waals surface area (Å²) >= 11 is 0. The van der Waals surface area contributed by atoms with Crippen LogP contribution in [0.3, 0.4) is 0 Å². The van der Waals surface area contributed by atoms with E-state index >= 15 is 0 Å². The molecule has 2 aromatic carbocycles. The summed E-state index contributed by atoms with van der Waals surface area (Å²) in [5, 5.41) is 0. The van der Waals surface area contributed by atoms with Crippen molar-refractivity contribution in [1.29, 1.82) is 0 Å². The number of benzene rings is 2. The molecule has 0 fully saturated rings. The van der Waals surface area contributed by atoms with E-state index in [9.17, 15) is 0 Å². The van der Waals surface area contributed by atoms with Gasteiger partial charge in [-0.3, -0.25) is 0 Å². The monoisotopic (exact) mass is 392 g/mol. The van der Waals surface area contributed by atoms with Crippen LogP contribution in [0.15, 0.2) is 42.5 Å². The summed E-state index contributed by atoms with van der Waals surface area (Å²) in [6, 6.07) is 12.6. The zero-order valence-electron chi connectivity index (χ0n) is 18.5. The molecule has 0 atom stereocenters. The van der Waals surface area contributed by atoms with Crippen molar-refractivity contribution in [2.45, 2.75) is 59.3 Å². The molecule has 0 heterocycles. The van der Waals surface area contributed by atoms with Crippen molar-refractivity contribution in [3.05, 3.63) is 64.7 Å². The molecule has 0 unspecified atom stereocenters. The van der Waals surface area contributed by atoms with Gasteiger partial charge in [0.15, 0.2) is 0 Å². The first-order valence-corrected chi connectivity index (χ1v) is 10.9. The zero-order valence-corrected chi connectivity index (χ0v) is 18.5. The Morgan fingerprint density at radius 2 is 1.55 bits per heavy atom. The Labute approximate surface area is 177 Å². The molecule has 0 saturated carbocycles. The van der Waals surface area contributed by atoms with Crippen LogP contribution in [0.25, 0.3) is 18.2 Å². The molecule has 2 rings (SSSR count). The van der Waals surface area contributed by atoms with Crippen LogP contribution in [0.5, 0.6) is 11.5 Å². The second-order valence-corrected chi connectivity index (χ2v) is 7.48. The summed E-state index contributed by atoms with van der Waals surface area (Å²) in [6.45, 7) is 7.11. The van der Waals surface area contributed by atoms with E-state index in [1.165, 1.54) is 43.2 Å². The van der Waals surface area contributed by atoms with Gasteiger partial charge in [-0.15, -0.1) is 0 Å². The van der Waals surface area contributed by atoms with E-state index in [1.54, 1.807) is 7.11 Å². The Kier molecular flexibility index (Phi) is 10.1. The van der Waals surface area contributed by atoms with Gasteiger partial charge in [-0.05, 0) is 55.2 Å². The predicted molar refractivity (Wildman–Crippen MR) is 127 cm³/mol. The van der Waals surface area contributed by atoms with E-state index in [2.05, 4.69) is 74.5 Å². The van der Waals surface area contributed by atoms with E-state index in [0.29, 0.717) is 0 Å². The third-order valence-electron chi connectivity index (χ3n) is 5.01. The van der Waals surface area contributed by atoms with Crippen LogP contribution in [0.4, 0.5) is 0 Å². The van der Waals surface area contributed by atoms with Crippen LogP contribution in [0, 0.1) is 6.92 Å². The van der Waals surface area contributed by atoms with Crippen LogP contribution < -0.4 is 9.47 Å². The highest BCUT2D eigenvalue weighted by Crippen LogP contribution is 2.30. The van der Waals surface area contributed by atoms with Crippen molar-refractivity contribution in [1.82, 2.24) is 0 Å².